The van der Waals surface area contributed by atoms with Gasteiger partial charge in [0.2, 0.25) is 0 Å². The van der Waals surface area contributed by atoms with Gasteiger partial charge in [-0.2, -0.15) is 0 Å². The van der Waals surface area contributed by atoms with Crippen molar-refractivity contribution in [2.75, 3.05) is 19.6 Å². The second-order valence-corrected chi connectivity index (χ2v) is 6.54. The van der Waals surface area contributed by atoms with Gasteiger partial charge in [0.05, 0.1) is 0 Å². The fraction of sp³-hybridized carbons (Fsp3) is 0.600. The van der Waals surface area contributed by atoms with Gasteiger partial charge in [0.1, 0.15) is 5.82 Å². The Balaban J connectivity index is 0. The Bertz CT molecular complexity index is 499. The summed E-state index contributed by atoms with van der Waals surface area (Å²) in [4.78, 5) is 2.47. The molecule has 156 valence electrons. The van der Waals surface area contributed by atoms with Crippen LogP contribution in [0.4, 0.5) is 4.39 Å². The van der Waals surface area contributed by atoms with Gasteiger partial charge < -0.3 is 4.90 Å². The molecular formula is C25H44FN. The average Bonchev–Trinajstić information content (AvgIpc) is 2.71. The van der Waals surface area contributed by atoms with E-state index in [9.17, 15) is 4.39 Å². The van der Waals surface area contributed by atoms with Crippen LogP contribution >= 0.6 is 0 Å². The molecule has 0 spiro atoms. The van der Waals surface area contributed by atoms with Gasteiger partial charge in [0, 0.05) is 12.1 Å². The molecule has 1 aromatic carbocycles. The van der Waals surface area contributed by atoms with Gasteiger partial charge in [-0.15, -0.1) is 0 Å². The molecule has 1 fully saturated rings. The molecule has 0 radical (unpaired) electrons. The summed E-state index contributed by atoms with van der Waals surface area (Å²) in [5.74, 6) is 0.633. The molecule has 1 nitrogen and oxygen atoms in total. The zero-order valence-corrected chi connectivity index (χ0v) is 19.1. The van der Waals surface area contributed by atoms with E-state index in [0.717, 1.165) is 30.0 Å². The second-order valence-electron chi connectivity index (χ2n) is 6.54. The smallest absolute Gasteiger partial charge is 0.131 e. The topological polar surface area (TPSA) is 3.24 Å². The monoisotopic (exact) mass is 377 g/mol. The van der Waals surface area contributed by atoms with Crippen molar-refractivity contribution in [3.05, 3.63) is 54.4 Å². The molecule has 0 aromatic heterocycles. The van der Waals surface area contributed by atoms with Crippen molar-refractivity contribution in [3.63, 3.8) is 0 Å². The summed E-state index contributed by atoms with van der Waals surface area (Å²) in [6.45, 7) is 26.0. The summed E-state index contributed by atoms with van der Waals surface area (Å²) in [7, 11) is 0. The van der Waals surface area contributed by atoms with E-state index in [-0.39, 0.29) is 5.82 Å². The van der Waals surface area contributed by atoms with E-state index in [4.69, 9.17) is 0 Å². The minimum absolute atomic E-state index is 0.217. The largest absolute Gasteiger partial charge is 0.303 e. The van der Waals surface area contributed by atoms with Crippen molar-refractivity contribution in [1.29, 1.82) is 0 Å². The summed E-state index contributed by atoms with van der Waals surface area (Å²) < 4.78 is 13.7. The maximum absolute atomic E-state index is 13.7. The zero-order valence-electron chi connectivity index (χ0n) is 19.1. The first-order chi connectivity index (χ1) is 13.0. The van der Waals surface area contributed by atoms with Crippen molar-refractivity contribution in [2.24, 2.45) is 5.92 Å². The lowest BCUT2D eigenvalue weighted by Crippen LogP contribution is -2.33. The van der Waals surface area contributed by atoms with E-state index in [0.29, 0.717) is 5.56 Å². The Morgan fingerprint density at radius 1 is 1.04 bits per heavy atom. The Morgan fingerprint density at radius 3 is 2.00 bits per heavy atom. The molecular weight excluding hydrogens is 333 g/mol. The predicted molar refractivity (Wildman–Crippen MR) is 123 cm³/mol. The first-order valence-corrected chi connectivity index (χ1v) is 10.8. The second kappa shape index (κ2) is 18.0. The molecule has 0 amide bonds. The van der Waals surface area contributed by atoms with E-state index in [2.05, 4.69) is 38.8 Å². The molecule has 1 saturated heterocycles. The summed E-state index contributed by atoms with van der Waals surface area (Å²) in [6.07, 6.45) is 4.67. The average molecular weight is 378 g/mol. The predicted octanol–water partition coefficient (Wildman–Crippen LogP) is 7.99. The van der Waals surface area contributed by atoms with Crippen LogP contribution in [0.25, 0.3) is 5.57 Å². The molecule has 27 heavy (non-hydrogen) atoms. The summed E-state index contributed by atoms with van der Waals surface area (Å²) in [6, 6.07) is 6.78. The van der Waals surface area contributed by atoms with Crippen LogP contribution in [0, 0.1) is 11.7 Å². The lowest BCUT2D eigenvalue weighted by molar-refractivity contribution is 0.195. The maximum Gasteiger partial charge on any atom is 0.131 e. The van der Waals surface area contributed by atoms with Gasteiger partial charge in [-0.25, -0.2) is 4.39 Å². The number of hydrogen-bond acceptors (Lipinski definition) is 1. The Labute approximate surface area is 169 Å². The highest BCUT2D eigenvalue weighted by atomic mass is 19.1. The third-order valence-corrected chi connectivity index (χ3v) is 4.23. The number of benzene rings is 1. The van der Waals surface area contributed by atoms with Crippen LogP contribution < -0.4 is 0 Å². The maximum atomic E-state index is 13.7. The third kappa shape index (κ3) is 11.8. The first-order valence-electron chi connectivity index (χ1n) is 10.8. The number of hydrogen-bond donors (Lipinski definition) is 0. The fourth-order valence-corrected chi connectivity index (χ4v) is 2.63. The molecule has 1 aromatic rings. The van der Waals surface area contributed by atoms with Crippen molar-refractivity contribution in [1.82, 2.24) is 4.90 Å². The van der Waals surface area contributed by atoms with Gasteiger partial charge in [-0.1, -0.05) is 86.2 Å². The van der Waals surface area contributed by atoms with E-state index in [1.165, 1.54) is 38.4 Å². The van der Waals surface area contributed by atoms with Crippen LogP contribution in [0.3, 0.4) is 0 Å². The molecule has 0 saturated carbocycles. The number of allylic oxidation sites excluding steroid dienone is 1. The molecule has 1 aliphatic heterocycles. The van der Waals surface area contributed by atoms with Crippen LogP contribution in [0.1, 0.15) is 79.7 Å². The fourth-order valence-electron chi connectivity index (χ4n) is 2.63. The van der Waals surface area contributed by atoms with Crippen LogP contribution in [-0.4, -0.2) is 24.5 Å². The van der Waals surface area contributed by atoms with E-state index < -0.39 is 0 Å². The Morgan fingerprint density at radius 2 is 1.52 bits per heavy atom. The summed E-state index contributed by atoms with van der Waals surface area (Å²) in [5.41, 5.74) is 2.24. The highest BCUT2D eigenvalue weighted by molar-refractivity contribution is 5.76. The standard InChI is InChI=1S/C18H24FN.C3H8.2C2H6/c1-14-8-11-20(12-9-14)13-10-15(2)16(3)17-6-4-5-7-18(17)19;1-3-2;2*1-2/h4-7,14H,2-3,8-13H2,1H3;3H2,1-2H3;2*1-2H3. The number of piperidine rings is 1. The summed E-state index contributed by atoms with van der Waals surface area (Å²) in [5, 5.41) is 0. The minimum Gasteiger partial charge on any atom is -0.303 e. The van der Waals surface area contributed by atoms with Crippen molar-refractivity contribution < 1.29 is 4.39 Å². The van der Waals surface area contributed by atoms with Crippen LogP contribution in [0.5, 0.6) is 0 Å². The van der Waals surface area contributed by atoms with Gasteiger partial charge in [-0.3, -0.25) is 0 Å². The van der Waals surface area contributed by atoms with Crippen molar-refractivity contribution >= 4 is 5.57 Å². The van der Waals surface area contributed by atoms with Gasteiger partial charge in [0.15, 0.2) is 0 Å². The molecule has 2 rings (SSSR count). The molecule has 0 aliphatic carbocycles. The number of likely N-dealkylation sites (tertiary alicyclic amines) is 1. The highest BCUT2D eigenvalue weighted by Crippen LogP contribution is 2.25. The van der Waals surface area contributed by atoms with Crippen LogP contribution in [0.2, 0.25) is 0 Å². The lowest BCUT2D eigenvalue weighted by Gasteiger charge is -2.30. The first kappa shape index (κ1) is 27.8. The number of rotatable bonds is 5. The SMILES string of the molecule is C=C(CCN1CCC(C)CC1)C(=C)c1ccccc1F.CC.CC.CCC. The Kier molecular flexibility index (Phi) is 18.5. The van der Waals surface area contributed by atoms with Crippen LogP contribution in [-0.2, 0) is 0 Å². The molecule has 0 unspecified atom stereocenters. The van der Waals surface area contributed by atoms with Crippen molar-refractivity contribution in [3.8, 4) is 0 Å². The Hall–Kier alpha value is -1.41. The normalized spacial score (nSPS) is 13.8. The zero-order chi connectivity index (χ0) is 21.2. The molecule has 0 N–H and O–H groups in total. The molecule has 1 heterocycles. The van der Waals surface area contributed by atoms with Gasteiger partial charge in [-0.05, 0) is 55.5 Å². The van der Waals surface area contributed by atoms with Crippen LogP contribution in [0.15, 0.2) is 43.0 Å². The van der Waals surface area contributed by atoms with Gasteiger partial charge in [0.25, 0.3) is 0 Å². The van der Waals surface area contributed by atoms with E-state index in [1.807, 2.05) is 33.8 Å². The number of halogens is 1. The number of nitrogens with zero attached hydrogens (tertiary/aromatic N) is 1. The third-order valence-electron chi connectivity index (χ3n) is 4.23. The molecule has 0 atom stereocenters. The molecule has 2 heteroatoms. The van der Waals surface area contributed by atoms with E-state index in [1.54, 1.807) is 12.1 Å². The molecule has 0 bridgehead atoms. The molecule has 1 aliphatic rings. The van der Waals surface area contributed by atoms with Crippen molar-refractivity contribution in [2.45, 2.75) is 74.1 Å². The minimum atomic E-state index is -0.217. The van der Waals surface area contributed by atoms with E-state index >= 15 is 0 Å². The summed E-state index contributed by atoms with van der Waals surface area (Å²) >= 11 is 0. The van der Waals surface area contributed by atoms with Gasteiger partial charge >= 0.3 is 0 Å². The highest BCUT2D eigenvalue weighted by Gasteiger charge is 2.16. The lowest BCUT2D eigenvalue weighted by atomic mass is 9.96. The quantitative estimate of drug-likeness (QED) is 0.470.